The van der Waals surface area contributed by atoms with E-state index in [9.17, 15) is 18.4 Å². The van der Waals surface area contributed by atoms with Gasteiger partial charge in [-0.3, -0.25) is 0 Å². The highest BCUT2D eigenvalue weighted by Gasteiger charge is 2.37. The number of nitrogens with one attached hydrogen (secondary N) is 1. The van der Waals surface area contributed by atoms with Crippen molar-refractivity contribution in [1.29, 1.82) is 5.26 Å². The molecule has 0 fully saturated rings. The van der Waals surface area contributed by atoms with Gasteiger partial charge in [-0.1, -0.05) is 18.2 Å². The van der Waals surface area contributed by atoms with Crippen LogP contribution in [-0.2, 0) is 17.5 Å². The maximum atomic E-state index is 13.6. The first kappa shape index (κ1) is 20.2. The second-order valence-corrected chi connectivity index (χ2v) is 7.42. The number of imidazole rings is 1. The van der Waals surface area contributed by atoms with E-state index in [0.29, 0.717) is 35.1 Å². The minimum atomic E-state index is -4.50. The highest BCUT2D eigenvalue weighted by molar-refractivity contribution is 5.92. The quantitative estimate of drug-likeness (QED) is 0.486. The number of aromatic nitrogens is 3. The summed E-state index contributed by atoms with van der Waals surface area (Å²) in [6, 6.07) is 12.8. The third-order valence-electron chi connectivity index (χ3n) is 5.56. The number of aromatic amines is 1. The Kier molecular flexibility index (Phi) is 4.68. The molecule has 9 heteroatoms. The van der Waals surface area contributed by atoms with Crippen LogP contribution in [0.5, 0.6) is 5.75 Å². The van der Waals surface area contributed by atoms with Crippen molar-refractivity contribution in [3.8, 4) is 23.2 Å². The van der Waals surface area contributed by atoms with Crippen LogP contribution in [0.2, 0.25) is 0 Å². The lowest BCUT2D eigenvalue weighted by Crippen LogP contribution is -2.24. The number of hydrogen-bond acceptors (Lipinski definition) is 4. The van der Waals surface area contributed by atoms with Gasteiger partial charge in [-0.05, 0) is 24.3 Å². The molecule has 1 aliphatic heterocycles. The highest BCUT2D eigenvalue weighted by atomic mass is 19.4. The van der Waals surface area contributed by atoms with E-state index in [4.69, 9.17) is 9.47 Å². The zero-order chi connectivity index (χ0) is 22.5. The molecule has 0 spiro atoms. The normalized spacial score (nSPS) is 16.0. The number of alkyl halides is 3. The Bertz CT molecular complexity index is 1360. The van der Waals surface area contributed by atoms with Gasteiger partial charge in [-0.25, -0.2) is 4.98 Å². The maximum absolute atomic E-state index is 13.6. The number of nitrogens with zero attached hydrogens (tertiary/aromatic N) is 3. The molecule has 1 atom stereocenters. The summed E-state index contributed by atoms with van der Waals surface area (Å²) in [5, 5.41) is 10.0. The molecule has 4 aromatic rings. The molecule has 6 nitrogen and oxygen atoms in total. The Balaban J connectivity index is 1.61. The van der Waals surface area contributed by atoms with Crippen LogP contribution in [0.1, 0.15) is 28.6 Å². The van der Waals surface area contributed by atoms with Crippen LogP contribution in [0.25, 0.3) is 22.3 Å². The van der Waals surface area contributed by atoms with E-state index in [-0.39, 0.29) is 12.2 Å². The first-order valence-corrected chi connectivity index (χ1v) is 9.85. The molecule has 5 rings (SSSR count). The van der Waals surface area contributed by atoms with Gasteiger partial charge >= 0.3 is 6.18 Å². The van der Waals surface area contributed by atoms with E-state index in [1.807, 2.05) is 10.6 Å². The Hall–Kier alpha value is -3.77. The standard InChI is InChI=1S/C23H17F3N4O2/c1-31-20-13(11-27)6-7-17-15(20)10-18(28-17)19-12-30-8-9-32-21(22(30)29-19)14-4-2-3-5-16(14)23(24,25)26/h2-7,10,12,21,28H,8-9H2,1H3. The van der Waals surface area contributed by atoms with Crippen molar-refractivity contribution in [2.24, 2.45) is 0 Å². The lowest BCUT2D eigenvalue weighted by atomic mass is 10.0. The molecule has 3 heterocycles. The Labute approximate surface area is 180 Å². The van der Waals surface area contributed by atoms with Crippen LogP contribution < -0.4 is 4.74 Å². The topological polar surface area (TPSA) is 75.9 Å². The number of ether oxygens (including phenoxy) is 2. The third-order valence-corrected chi connectivity index (χ3v) is 5.56. The molecular weight excluding hydrogens is 421 g/mol. The van der Waals surface area contributed by atoms with Crippen LogP contribution in [0.4, 0.5) is 13.2 Å². The first-order valence-electron chi connectivity index (χ1n) is 9.85. The van der Waals surface area contributed by atoms with Crippen molar-refractivity contribution in [3.63, 3.8) is 0 Å². The molecule has 2 aromatic heterocycles. The van der Waals surface area contributed by atoms with Crippen molar-refractivity contribution in [2.45, 2.75) is 18.8 Å². The summed E-state index contributed by atoms with van der Waals surface area (Å²) in [6.07, 6.45) is -3.63. The van der Waals surface area contributed by atoms with Gasteiger partial charge in [0.2, 0.25) is 0 Å². The summed E-state index contributed by atoms with van der Waals surface area (Å²) in [7, 11) is 1.50. The van der Waals surface area contributed by atoms with E-state index in [0.717, 1.165) is 17.0 Å². The third kappa shape index (κ3) is 3.20. The number of benzene rings is 2. The van der Waals surface area contributed by atoms with E-state index in [1.165, 1.54) is 19.2 Å². The van der Waals surface area contributed by atoms with Crippen molar-refractivity contribution >= 4 is 10.9 Å². The Morgan fingerprint density at radius 3 is 2.81 bits per heavy atom. The minimum Gasteiger partial charge on any atom is -0.495 e. The van der Waals surface area contributed by atoms with E-state index in [2.05, 4.69) is 16.0 Å². The van der Waals surface area contributed by atoms with Crippen LogP contribution in [0.15, 0.2) is 48.7 Å². The summed E-state index contributed by atoms with van der Waals surface area (Å²) < 4.78 is 53.7. The molecule has 162 valence electrons. The Morgan fingerprint density at radius 1 is 1.25 bits per heavy atom. The molecule has 32 heavy (non-hydrogen) atoms. The predicted octanol–water partition coefficient (Wildman–Crippen LogP) is 5.05. The van der Waals surface area contributed by atoms with Gasteiger partial charge in [0.15, 0.2) is 0 Å². The second-order valence-electron chi connectivity index (χ2n) is 7.42. The van der Waals surface area contributed by atoms with Gasteiger partial charge in [-0.15, -0.1) is 0 Å². The Morgan fingerprint density at radius 2 is 2.06 bits per heavy atom. The van der Waals surface area contributed by atoms with Gasteiger partial charge in [0.25, 0.3) is 0 Å². The maximum Gasteiger partial charge on any atom is 0.416 e. The molecule has 0 aliphatic carbocycles. The summed E-state index contributed by atoms with van der Waals surface area (Å²) >= 11 is 0. The smallest absolute Gasteiger partial charge is 0.416 e. The number of halogens is 3. The van der Waals surface area contributed by atoms with Crippen LogP contribution in [0.3, 0.4) is 0 Å². The molecule has 1 N–H and O–H groups in total. The lowest BCUT2D eigenvalue weighted by Gasteiger charge is -2.26. The molecule has 0 bridgehead atoms. The fraction of sp³-hybridized carbons (Fsp3) is 0.217. The molecule has 0 saturated heterocycles. The molecular formula is C23H17F3N4O2. The average Bonchev–Trinajstić information content (AvgIpc) is 3.41. The van der Waals surface area contributed by atoms with Gasteiger partial charge < -0.3 is 19.0 Å². The molecule has 0 amide bonds. The number of methoxy groups -OCH3 is 1. The predicted molar refractivity (Wildman–Crippen MR) is 110 cm³/mol. The van der Waals surface area contributed by atoms with Crippen molar-refractivity contribution in [3.05, 3.63) is 71.2 Å². The summed E-state index contributed by atoms with van der Waals surface area (Å²) in [4.78, 5) is 7.88. The molecule has 0 radical (unpaired) electrons. The van der Waals surface area contributed by atoms with Gasteiger partial charge in [-0.2, -0.15) is 18.4 Å². The SMILES string of the molecule is COc1c(C#N)ccc2[nH]c(-c3cn4c(n3)C(c3ccccc3C(F)(F)F)OCC4)cc12. The van der Waals surface area contributed by atoms with E-state index >= 15 is 0 Å². The van der Waals surface area contributed by atoms with Gasteiger partial charge in [0, 0.05) is 29.2 Å². The number of nitriles is 1. The molecule has 0 saturated carbocycles. The fourth-order valence-electron chi connectivity index (χ4n) is 4.13. The number of rotatable bonds is 3. The molecule has 2 aromatic carbocycles. The second kappa shape index (κ2) is 7.43. The fourth-order valence-corrected chi connectivity index (χ4v) is 4.13. The largest absolute Gasteiger partial charge is 0.495 e. The van der Waals surface area contributed by atoms with Crippen LogP contribution in [0, 0.1) is 11.3 Å². The zero-order valence-electron chi connectivity index (χ0n) is 16.9. The summed E-state index contributed by atoms with van der Waals surface area (Å²) in [5.41, 5.74) is 1.70. The number of hydrogen-bond donors (Lipinski definition) is 1. The minimum absolute atomic E-state index is 0.0371. The lowest BCUT2D eigenvalue weighted by molar-refractivity contribution is -0.139. The van der Waals surface area contributed by atoms with Crippen molar-refractivity contribution in [2.75, 3.05) is 13.7 Å². The number of H-pyrrole nitrogens is 1. The monoisotopic (exact) mass is 438 g/mol. The van der Waals surface area contributed by atoms with E-state index < -0.39 is 17.8 Å². The highest BCUT2D eigenvalue weighted by Crippen LogP contribution is 2.40. The van der Waals surface area contributed by atoms with Gasteiger partial charge in [0.1, 0.15) is 29.4 Å². The van der Waals surface area contributed by atoms with Crippen molar-refractivity contribution in [1.82, 2.24) is 14.5 Å². The van der Waals surface area contributed by atoms with E-state index in [1.54, 1.807) is 24.4 Å². The summed E-state index contributed by atoms with van der Waals surface area (Å²) in [5.74, 6) is 0.864. The molecule has 1 unspecified atom stereocenters. The zero-order valence-corrected chi connectivity index (χ0v) is 16.9. The van der Waals surface area contributed by atoms with Crippen LogP contribution in [-0.4, -0.2) is 28.3 Å². The molecule has 1 aliphatic rings. The van der Waals surface area contributed by atoms with Gasteiger partial charge in [0.05, 0.1) is 30.5 Å². The first-order chi connectivity index (χ1) is 15.4. The van der Waals surface area contributed by atoms with Crippen LogP contribution >= 0.6 is 0 Å². The average molecular weight is 438 g/mol. The number of fused-ring (bicyclic) bond motifs is 2. The van der Waals surface area contributed by atoms with Crippen molar-refractivity contribution < 1.29 is 22.6 Å². The summed E-state index contributed by atoms with van der Waals surface area (Å²) in [6.45, 7) is 0.751.